The monoisotopic (exact) mass is 334 g/mol. The van der Waals surface area contributed by atoms with Crippen LogP contribution in [0, 0.1) is 0 Å². The highest BCUT2D eigenvalue weighted by Gasteiger charge is 2.08. The largest absolute Gasteiger partial charge is 0.504 e. The molecular weight excluding hydrogens is 320 g/mol. The molecule has 3 N–H and O–H groups in total. The fraction of sp³-hybridized carbons (Fsp3) is 0.0588. The maximum absolute atomic E-state index is 9.58. The van der Waals surface area contributed by atoms with Crippen LogP contribution < -0.4 is 10.2 Å². The van der Waals surface area contributed by atoms with Gasteiger partial charge in [0.2, 0.25) is 0 Å². The number of aromatic amines is 1. The summed E-state index contributed by atoms with van der Waals surface area (Å²) in [6.45, 7) is 0. The first-order chi connectivity index (χ1) is 12.2. The van der Waals surface area contributed by atoms with E-state index in [4.69, 9.17) is 4.74 Å². The maximum atomic E-state index is 9.58. The minimum atomic E-state index is 0.0735. The van der Waals surface area contributed by atoms with Crippen LogP contribution in [0.1, 0.15) is 5.56 Å². The van der Waals surface area contributed by atoms with Crippen LogP contribution in [0.5, 0.6) is 11.5 Å². The quantitative estimate of drug-likeness (QED) is 0.391. The second-order valence-electron chi connectivity index (χ2n) is 5.30. The highest BCUT2D eigenvalue weighted by atomic mass is 16.5. The van der Waals surface area contributed by atoms with Gasteiger partial charge in [0, 0.05) is 10.9 Å². The van der Waals surface area contributed by atoms with Crippen LogP contribution >= 0.6 is 0 Å². The van der Waals surface area contributed by atoms with E-state index in [9.17, 15) is 5.11 Å². The van der Waals surface area contributed by atoms with Gasteiger partial charge in [0.05, 0.1) is 13.3 Å². The molecule has 124 valence electrons. The Morgan fingerprint density at radius 1 is 1.20 bits per heavy atom. The zero-order valence-electron chi connectivity index (χ0n) is 13.3. The summed E-state index contributed by atoms with van der Waals surface area (Å²) in [5.41, 5.74) is 5.80. The van der Waals surface area contributed by atoms with E-state index in [-0.39, 0.29) is 11.7 Å². The Balaban J connectivity index is 1.57. The highest BCUT2D eigenvalue weighted by Crippen LogP contribution is 2.25. The fourth-order valence-corrected chi connectivity index (χ4v) is 2.51. The Morgan fingerprint density at radius 3 is 2.96 bits per heavy atom. The number of rotatable bonds is 4. The van der Waals surface area contributed by atoms with Crippen molar-refractivity contribution < 1.29 is 9.84 Å². The Kier molecular flexibility index (Phi) is 3.62. The second kappa shape index (κ2) is 6.08. The summed E-state index contributed by atoms with van der Waals surface area (Å²) in [7, 11) is 1.49. The summed E-state index contributed by atoms with van der Waals surface area (Å²) in [4.78, 5) is 7.57. The lowest BCUT2D eigenvalue weighted by molar-refractivity contribution is 0.373. The molecule has 25 heavy (non-hydrogen) atoms. The smallest absolute Gasteiger partial charge is 0.265 e. The molecule has 8 heteroatoms. The number of ether oxygens (including phenoxy) is 1. The van der Waals surface area contributed by atoms with Crippen LogP contribution in [-0.2, 0) is 0 Å². The molecule has 2 heterocycles. The van der Waals surface area contributed by atoms with Crippen molar-refractivity contribution >= 4 is 34.2 Å². The second-order valence-corrected chi connectivity index (χ2v) is 5.30. The number of phenols is 1. The number of aromatic hydroxyl groups is 1. The molecule has 0 aliphatic carbocycles. The van der Waals surface area contributed by atoms with E-state index < -0.39 is 0 Å². The SMILES string of the molecule is COc1cc(C=NNc2nnc3c(n2)[nH]c2ccccc23)ccc1O. The van der Waals surface area contributed by atoms with Crippen molar-refractivity contribution in [2.75, 3.05) is 12.5 Å². The number of aromatic nitrogens is 4. The van der Waals surface area contributed by atoms with E-state index in [2.05, 4.69) is 30.7 Å². The van der Waals surface area contributed by atoms with Crippen LogP contribution in [0.15, 0.2) is 47.6 Å². The van der Waals surface area contributed by atoms with Crippen molar-refractivity contribution in [1.82, 2.24) is 20.2 Å². The van der Waals surface area contributed by atoms with Crippen LogP contribution in [0.2, 0.25) is 0 Å². The first-order valence-corrected chi connectivity index (χ1v) is 7.52. The van der Waals surface area contributed by atoms with Crippen molar-refractivity contribution in [3.8, 4) is 11.5 Å². The summed E-state index contributed by atoms with van der Waals surface area (Å²) in [5.74, 6) is 0.729. The average Bonchev–Trinajstić information content (AvgIpc) is 3.01. The van der Waals surface area contributed by atoms with Crippen molar-refractivity contribution in [3.05, 3.63) is 48.0 Å². The van der Waals surface area contributed by atoms with Crippen molar-refractivity contribution in [1.29, 1.82) is 0 Å². The molecule has 0 spiro atoms. The van der Waals surface area contributed by atoms with E-state index in [1.54, 1.807) is 18.3 Å². The molecule has 2 aromatic carbocycles. The summed E-state index contributed by atoms with van der Waals surface area (Å²) >= 11 is 0. The van der Waals surface area contributed by atoms with Gasteiger partial charge in [-0.3, -0.25) is 0 Å². The fourth-order valence-electron chi connectivity index (χ4n) is 2.51. The topological polar surface area (TPSA) is 108 Å². The normalized spacial score (nSPS) is 11.4. The molecule has 0 saturated carbocycles. The summed E-state index contributed by atoms with van der Waals surface area (Å²) in [6.07, 6.45) is 1.57. The molecule has 0 bridgehead atoms. The third-order valence-corrected chi connectivity index (χ3v) is 3.70. The van der Waals surface area contributed by atoms with Gasteiger partial charge < -0.3 is 14.8 Å². The van der Waals surface area contributed by atoms with E-state index >= 15 is 0 Å². The Labute approximate surface area is 142 Å². The molecule has 0 aliphatic rings. The number of fused-ring (bicyclic) bond motifs is 3. The van der Waals surface area contributed by atoms with Gasteiger partial charge in [0.1, 0.15) is 5.52 Å². The molecule has 2 aromatic heterocycles. The number of benzene rings is 2. The lowest BCUT2D eigenvalue weighted by atomic mass is 10.2. The number of nitrogens with zero attached hydrogens (tertiary/aromatic N) is 4. The van der Waals surface area contributed by atoms with E-state index in [1.165, 1.54) is 13.2 Å². The number of methoxy groups -OCH3 is 1. The Morgan fingerprint density at radius 2 is 2.08 bits per heavy atom. The molecule has 0 amide bonds. The molecule has 0 aliphatic heterocycles. The van der Waals surface area contributed by atoms with Crippen LogP contribution in [0.25, 0.3) is 22.1 Å². The number of hydrogen-bond donors (Lipinski definition) is 3. The lowest BCUT2D eigenvalue weighted by Crippen LogP contribution is -1.99. The predicted octanol–water partition coefficient (Wildman–Crippen LogP) is 2.67. The molecule has 0 unspecified atom stereocenters. The molecule has 0 atom stereocenters. The first kappa shape index (κ1) is 14.9. The number of phenolic OH excluding ortho intramolecular Hbond substituents is 1. The number of hydrogen-bond acceptors (Lipinski definition) is 7. The molecular formula is C17H14N6O2. The predicted molar refractivity (Wildman–Crippen MR) is 95.1 cm³/mol. The van der Waals surface area contributed by atoms with Crippen molar-refractivity contribution in [2.24, 2.45) is 5.10 Å². The minimum absolute atomic E-state index is 0.0735. The summed E-state index contributed by atoms with van der Waals surface area (Å²) in [5, 5.41) is 22.9. The van der Waals surface area contributed by atoms with Gasteiger partial charge in [-0.25, -0.2) is 5.43 Å². The van der Waals surface area contributed by atoms with E-state index in [1.807, 2.05) is 24.3 Å². The van der Waals surface area contributed by atoms with Crippen molar-refractivity contribution in [3.63, 3.8) is 0 Å². The van der Waals surface area contributed by atoms with Gasteiger partial charge in [-0.05, 0) is 29.8 Å². The highest BCUT2D eigenvalue weighted by molar-refractivity contribution is 6.03. The third-order valence-electron chi connectivity index (χ3n) is 3.70. The zero-order valence-corrected chi connectivity index (χ0v) is 13.3. The molecule has 8 nitrogen and oxygen atoms in total. The third kappa shape index (κ3) is 2.80. The number of H-pyrrole nitrogens is 1. The Bertz CT molecular complexity index is 1090. The Hall–Kier alpha value is -3.68. The van der Waals surface area contributed by atoms with Crippen LogP contribution in [-0.4, -0.2) is 38.6 Å². The van der Waals surface area contributed by atoms with Crippen molar-refractivity contribution in [2.45, 2.75) is 0 Å². The van der Waals surface area contributed by atoms with Gasteiger partial charge >= 0.3 is 0 Å². The van der Waals surface area contributed by atoms with Gasteiger partial charge in [-0.1, -0.05) is 18.2 Å². The van der Waals surface area contributed by atoms with Crippen LogP contribution in [0.4, 0.5) is 5.95 Å². The van der Waals surface area contributed by atoms with E-state index in [0.717, 1.165) is 16.5 Å². The molecule has 0 fully saturated rings. The average molecular weight is 334 g/mol. The minimum Gasteiger partial charge on any atom is -0.504 e. The number of hydrazone groups is 1. The standard InChI is InChI=1S/C17H14N6O2/c1-25-14-8-10(6-7-13(14)24)9-18-22-17-20-16-15(21-23-17)11-4-2-3-5-12(11)19-16/h2-9,24H,1H3,(H2,19,20,22,23). The van der Waals surface area contributed by atoms with Gasteiger partial charge in [-0.15, -0.1) is 10.2 Å². The zero-order chi connectivity index (χ0) is 17.2. The first-order valence-electron chi connectivity index (χ1n) is 7.52. The summed E-state index contributed by atoms with van der Waals surface area (Å²) < 4.78 is 5.06. The summed E-state index contributed by atoms with van der Waals surface area (Å²) in [6, 6.07) is 12.7. The lowest BCUT2D eigenvalue weighted by Gasteiger charge is -2.03. The van der Waals surface area contributed by atoms with E-state index in [0.29, 0.717) is 16.9 Å². The maximum Gasteiger partial charge on any atom is 0.265 e. The number of nitrogens with one attached hydrogen (secondary N) is 2. The number of anilines is 1. The number of para-hydroxylation sites is 1. The molecule has 4 rings (SSSR count). The van der Waals surface area contributed by atoms with Gasteiger partial charge in [0.15, 0.2) is 17.1 Å². The molecule has 0 saturated heterocycles. The van der Waals surface area contributed by atoms with Gasteiger partial charge in [0.25, 0.3) is 5.95 Å². The molecule has 0 radical (unpaired) electrons. The van der Waals surface area contributed by atoms with Crippen LogP contribution in [0.3, 0.4) is 0 Å². The van der Waals surface area contributed by atoms with Gasteiger partial charge in [-0.2, -0.15) is 10.1 Å². The molecule has 4 aromatic rings.